The molecule has 0 aromatic rings. The Morgan fingerprint density at radius 2 is 2.12 bits per heavy atom. The van der Waals surface area contributed by atoms with Gasteiger partial charge in [0.2, 0.25) is 5.91 Å². The van der Waals surface area contributed by atoms with Crippen LogP contribution in [0.3, 0.4) is 0 Å². The van der Waals surface area contributed by atoms with Crippen LogP contribution in [0.25, 0.3) is 0 Å². The lowest BCUT2D eigenvalue weighted by atomic mass is 10.2. The molecule has 0 aromatic carbocycles. The fourth-order valence-corrected chi connectivity index (χ4v) is 2.71. The summed E-state index contributed by atoms with van der Waals surface area (Å²) in [5.41, 5.74) is 0. The molecule has 5 nitrogen and oxygen atoms in total. The van der Waals surface area contributed by atoms with Gasteiger partial charge in [-0.1, -0.05) is 0 Å². The maximum Gasteiger partial charge on any atom is 0.327 e. The van der Waals surface area contributed by atoms with Crippen molar-refractivity contribution in [3.63, 3.8) is 0 Å². The van der Waals surface area contributed by atoms with Gasteiger partial charge in [0.15, 0.2) is 0 Å². The highest BCUT2D eigenvalue weighted by Gasteiger charge is 2.21. The van der Waals surface area contributed by atoms with E-state index >= 15 is 0 Å². The van der Waals surface area contributed by atoms with Gasteiger partial charge in [-0.25, -0.2) is 4.79 Å². The van der Waals surface area contributed by atoms with Gasteiger partial charge < -0.3 is 15.2 Å². The first-order chi connectivity index (χ1) is 7.59. The standard InChI is InChI=1S/C10H17NO4S/c1-7(12)11-9(10(13)14)6-16-8-2-4-15-5-3-8/h8-9H,2-6H2,1H3,(H,11,12)(H,13,14). The molecule has 0 aromatic heterocycles. The molecule has 1 saturated heterocycles. The predicted molar refractivity (Wildman–Crippen MR) is 61.5 cm³/mol. The van der Waals surface area contributed by atoms with Crippen LogP contribution in [-0.2, 0) is 14.3 Å². The van der Waals surface area contributed by atoms with Gasteiger partial charge in [-0.3, -0.25) is 4.79 Å². The molecule has 6 heteroatoms. The van der Waals surface area contributed by atoms with Gasteiger partial charge in [0.25, 0.3) is 0 Å². The van der Waals surface area contributed by atoms with Gasteiger partial charge in [-0.05, 0) is 12.8 Å². The van der Waals surface area contributed by atoms with Crippen molar-refractivity contribution in [3.05, 3.63) is 0 Å². The number of hydrogen-bond donors (Lipinski definition) is 2. The fourth-order valence-electron chi connectivity index (χ4n) is 1.49. The molecule has 1 unspecified atom stereocenters. The van der Waals surface area contributed by atoms with Gasteiger partial charge >= 0.3 is 5.97 Å². The normalized spacial score (nSPS) is 19.1. The largest absolute Gasteiger partial charge is 0.480 e. The molecule has 0 spiro atoms. The second-order valence-electron chi connectivity index (χ2n) is 3.74. The van der Waals surface area contributed by atoms with E-state index in [0.29, 0.717) is 11.0 Å². The first kappa shape index (κ1) is 13.3. The molecule has 1 fully saturated rings. The molecule has 0 bridgehead atoms. The highest BCUT2D eigenvalue weighted by molar-refractivity contribution is 7.99. The van der Waals surface area contributed by atoms with E-state index in [1.807, 2.05) is 0 Å². The fraction of sp³-hybridized carbons (Fsp3) is 0.800. The van der Waals surface area contributed by atoms with Gasteiger partial charge in [-0.15, -0.1) is 0 Å². The zero-order valence-corrected chi connectivity index (χ0v) is 10.1. The van der Waals surface area contributed by atoms with E-state index in [0.717, 1.165) is 26.1 Å². The maximum atomic E-state index is 10.9. The van der Waals surface area contributed by atoms with Crippen LogP contribution in [0.2, 0.25) is 0 Å². The number of carboxylic acid groups (broad SMARTS) is 1. The topological polar surface area (TPSA) is 75.6 Å². The Morgan fingerprint density at radius 3 is 2.62 bits per heavy atom. The summed E-state index contributed by atoms with van der Waals surface area (Å²) in [5, 5.41) is 11.8. The molecular weight excluding hydrogens is 230 g/mol. The lowest BCUT2D eigenvalue weighted by Gasteiger charge is -2.23. The summed E-state index contributed by atoms with van der Waals surface area (Å²) in [6.07, 6.45) is 1.91. The first-order valence-electron chi connectivity index (χ1n) is 5.29. The Labute approximate surface area is 98.9 Å². The van der Waals surface area contributed by atoms with E-state index < -0.39 is 12.0 Å². The summed E-state index contributed by atoms with van der Waals surface area (Å²) in [6.45, 7) is 2.82. The summed E-state index contributed by atoms with van der Waals surface area (Å²) in [7, 11) is 0. The zero-order chi connectivity index (χ0) is 12.0. The molecule has 1 amide bonds. The van der Waals surface area contributed by atoms with Crippen molar-refractivity contribution in [2.45, 2.75) is 31.1 Å². The van der Waals surface area contributed by atoms with E-state index in [1.165, 1.54) is 6.92 Å². The smallest absolute Gasteiger partial charge is 0.327 e. The Kier molecular flexibility index (Phi) is 5.62. The van der Waals surface area contributed by atoms with Crippen LogP contribution in [-0.4, -0.2) is 47.2 Å². The van der Waals surface area contributed by atoms with Crippen molar-refractivity contribution >= 4 is 23.6 Å². The number of amides is 1. The van der Waals surface area contributed by atoms with Crippen LogP contribution in [0.15, 0.2) is 0 Å². The van der Waals surface area contributed by atoms with E-state index in [9.17, 15) is 9.59 Å². The van der Waals surface area contributed by atoms with Gasteiger partial charge in [0, 0.05) is 31.1 Å². The van der Waals surface area contributed by atoms with Crippen LogP contribution >= 0.6 is 11.8 Å². The molecule has 0 saturated carbocycles. The minimum Gasteiger partial charge on any atom is -0.480 e. The summed E-state index contributed by atoms with van der Waals surface area (Å²) >= 11 is 1.60. The average Bonchev–Trinajstić information content (AvgIpc) is 2.25. The number of carbonyl (C=O) groups excluding carboxylic acids is 1. The molecule has 1 aliphatic rings. The van der Waals surface area contributed by atoms with Crippen molar-refractivity contribution in [1.82, 2.24) is 5.32 Å². The quantitative estimate of drug-likeness (QED) is 0.739. The van der Waals surface area contributed by atoms with E-state index in [-0.39, 0.29) is 5.91 Å². The van der Waals surface area contributed by atoms with Crippen LogP contribution in [0.4, 0.5) is 0 Å². The van der Waals surface area contributed by atoms with Crippen molar-refractivity contribution in [3.8, 4) is 0 Å². The van der Waals surface area contributed by atoms with Crippen molar-refractivity contribution in [2.24, 2.45) is 0 Å². The summed E-state index contributed by atoms with van der Waals surface area (Å²) in [6, 6.07) is -0.787. The number of carbonyl (C=O) groups is 2. The minimum atomic E-state index is -0.977. The Balaban J connectivity index is 2.30. The number of hydrogen-bond acceptors (Lipinski definition) is 4. The predicted octanol–water partition coefficient (Wildman–Crippen LogP) is 0.488. The third kappa shape index (κ3) is 4.85. The summed E-state index contributed by atoms with van der Waals surface area (Å²) in [5.74, 6) is -0.866. The molecule has 1 atom stereocenters. The number of carboxylic acids is 1. The molecule has 0 radical (unpaired) electrons. The SMILES string of the molecule is CC(=O)NC(CSC1CCOCC1)C(=O)O. The van der Waals surface area contributed by atoms with Crippen LogP contribution in [0.5, 0.6) is 0 Å². The van der Waals surface area contributed by atoms with E-state index in [2.05, 4.69) is 5.32 Å². The van der Waals surface area contributed by atoms with Gasteiger partial charge in [-0.2, -0.15) is 11.8 Å². The van der Waals surface area contributed by atoms with E-state index in [4.69, 9.17) is 9.84 Å². The number of aliphatic carboxylic acids is 1. The molecule has 1 heterocycles. The Bertz CT molecular complexity index is 253. The Hall–Kier alpha value is -0.750. The van der Waals surface area contributed by atoms with E-state index in [1.54, 1.807) is 11.8 Å². The van der Waals surface area contributed by atoms with Gasteiger partial charge in [0.05, 0.1) is 0 Å². The first-order valence-corrected chi connectivity index (χ1v) is 6.33. The minimum absolute atomic E-state index is 0.306. The summed E-state index contributed by atoms with van der Waals surface area (Å²) < 4.78 is 5.22. The molecule has 0 aliphatic carbocycles. The lowest BCUT2D eigenvalue weighted by molar-refractivity contribution is -0.140. The number of rotatable bonds is 5. The van der Waals surface area contributed by atoms with Crippen LogP contribution < -0.4 is 5.32 Å². The van der Waals surface area contributed by atoms with Crippen LogP contribution in [0, 0.1) is 0 Å². The molecule has 1 aliphatic heterocycles. The Morgan fingerprint density at radius 1 is 1.50 bits per heavy atom. The second-order valence-corrected chi connectivity index (χ2v) is 5.07. The second kappa shape index (κ2) is 6.75. The highest BCUT2D eigenvalue weighted by atomic mass is 32.2. The molecule has 16 heavy (non-hydrogen) atoms. The number of ether oxygens (including phenoxy) is 1. The third-order valence-corrected chi connectivity index (χ3v) is 3.81. The molecular formula is C10H17NO4S. The van der Waals surface area contributed by atoms with Crippen LogP contribution in [0.1, 0.15) is 19.8 Å². The van der Waals surface area contributed by atoms with Crippen molar-refractivity contribution < 1.29 is 19.4 Å². The molecule has 1 rings (SSSR count). The van der Waals surface area contributed by atoms with Crippen molar-refractivity contribution in [1.29, 1.82) is 0 Å². The zero-order valence-electron chi connectivity index (χ0n) is 9.27. The van der Waals surface area contributed by atoms with Crippen molar-refractivity contribution in [2.75, 3.05) is 19.0 Å². The molecule has 2 N–H and O–H groups in total. The highest BCUT2D eigenvalue weighted by Crippen LogP contribution is 2.22. The molecule has 92 valence electrons. The maximum absolute atomic E-state index is 10.9. The lowest BCUT2D eigenvalue weighted by Crippen LogP contribution is -2.42. The third-order valence-electron chi connectivity index (χ3n) is 2.34. The average molecular weight is 247 g/mol. The monoisotopic (exact) mass is 247 g/mol. The number of nitrogens with one attached hydrogen (secondary N) is 1. The summed E-state index contributed by atoms with van der Waals surface area (Å²) in [4.78, 5) is 21.7. The number of thioether (sulfide) groups is 1. The van der Waals surface area contributed by atoms with Gasteiger partial charge in [0.1, 0.15) is 6.04 Å².